The molecule has 1 aromatic rings. The molecule has 0 aromatic heterocycles. The van der Waals surface area contributed by atoms with E-state index in [4.69, 9.17) is 16.3 Å². The first-order valence-electron chi connectivity index (χ1n) is 8.69. The lowest BCUT2D eigenvalue weighted by atomic mass is 10.1. The minimum atomic E-state index is -0.308. The minimum Gasteiger partial charge on any atom is -0.379 e. The van der Waals surface area contributed by atoms with E-state index in [1.807, 2.05) is 19.1 Å². The number of benzene rings is 1. The van der Waals surface area contributed by atoms with E-state index in [2.05, 4.69) is 10.2 Å². The summed E-state index contributed by atoms with van der Waals surface area (Å²) in [7, 11) is 0. The maximum atomic E-state index is 12.4. The van der Waals surface area contributed by atoms with Crippen molar-refractivity contribution in [1.29, 1.82) is 0 Å². The number of hydrogen-bond acceptors (Lipinski definition) is 4. The Morgan fingerprint density at radius 1 is 1.36 bits per heavy atom. The zero-order valence-electron chi connectivity index (χ0n) is 14.5. The summed E-state index contributed by atoms with van der Waals surface area (Å²) in [6.45, 7) is 7.04. The van der Waals surface area contributed by atoms with Crippen LogP contribution in [0.4, 0.5) is 5.69 Å². The van der Waals surface area contributed by atoms with Crippen molar-refractivity contribution in [2.24, 2.45) is 5.92 Å². The van der Waals surface area contributed by atoms with Crippen LogP contribution < -0.4 is 10.2 Å². The number of carbonyl (C=O) groups excluding carboxylic acids is 2. The number of hydrogen-bond donors (Lipinski definition) is 1. The van der Waals surface area contributed by atoms with Crippen molar-refractivity contribution in [3.05, 3.63) is 28.8 Å². The fraction of sp³-hybridized carbons (Fsp3) is 0.556. The van der Waals surface area contributed by atoms with Gasteiger partial charge in [-0.1, -0.05) is 17.7 Å². The molecule has 2 heterocycles. The van der Waals surface area contributed by atoms with Gasteiger partial charge in [-0.2, -0.15) is 0 Å². The molecule has 2 aliphatic rings. The fourth-order valence-corrected chi connectivity index (χ4v) is 3.36. The van der Waals surface area contributed by atoms with Crippen molar-refractivity contribution in [3.8, 4) is 0 Å². The Morgan fingerprint density at radius 2 is 2.12 bits per heavy atom. The molecule has 0 bridgehead atoms. The molecule has 2 fully saturated rings. The highest BCUT2D eigenvalue weighted by Crippen LogP contribution is 2.28. The van der Waals surface area contributed by atoms with Gasteiger partial charge >= 0.3 is 0 Å². The lowest BCUT2D eigenvalue weighted by Crippen LogP contribution is -2.42. The molecule has 2 aliphatic heterocycles. The average Bonchev–Trinajstić information content (AvgIpc) is 3.00. The molecular formula is C18H24ClN3O3. The number of nitrogens with zero attached hydrogens (tertiary/aromatic N) is 2. The molecule has 0 aliphatic carbocycles. The third-order valence-corrected chi connectivity index (χ3v) is 5.20. The molecule has 1 N–H and O–H groups in total. The number of anilines is 1. The van der Waals surface area contributed by atoms with E-state index in [1.165, 1.54) is 0 Å². The van der Waals surface area contributed by atoms with Gasteiger partial charge in [0, 0.05) is 49.9 Å². The summed E-state index contributed by atoms with van der Waals surface area (Å²) in [5.74, 6) is -0.396. The molecular weight excluding hydrogens is 342 g/mol. The van der Waals surface area contributed by atoms with Crippen LogP contribution in [0.5, 0.6) is 0 Å². The van der Waals surface area contributed by atoms with E-state index < -0.39 is 0 Å². The van der Waals surface area contributed by atoms with Gasteiger partial charge in [-0.3, -0.25) is 14.5 Å². The second kappa shape index (κ2) is 8.17. The summed E-state index contributed by atoms with van der Waals surface area (Å²) in [4.78, 5) is 28.6. The molecule has 6 nitrogen and oxygen atoms in total. The summed E-state index contributed by atoms with van der Waals surface area (Å²) >= 11 is 6.15. The Balaban J connectivity index is 1.50. The highest BCUT2D eigenvalue weighted by molar-refractivity contribution is 6.31. The zero-order valence-corrected chi connectivity index (χ0v) is 15.2. The molecule has 1 atom stereocenters. The molecule has 2 saturated heterocycles. The van der Waals surface area contributed by atoms with Gasteiger partial charge in [0.2, 0.25) is 11.8 Å². The molecule has 2 amide bonds. The van der Waals surface area contributed by atoms with Crippen LogP contribution >= 0.6 is 11.6 Å². The number of rotatable bonds is 5. The third kappa shape index (κ3) is 4.51. The number of morpholine rings is 1. The third-order valence-electron chi connectivity index (χ3n) is 4.79. The SMILES string of the molecule is Cc1ccc(N2C[C@H](C(=O)NCCN3CCOCC3)CC2=O)cc1Cl. The van der Waals surface area contributed by atoms with Crippen molar-refractivity contribution in [1.82, 2.24) is 10.2 Å². The standard InChI is InChI=1S/C18H24ClN3O3/c1-13-2-3-15(11-16(13)19)22-12-14(10-17(22)23)18(24)20-4-5-21-6-8-25-9-7-21/h2-3,11,14H,4-10,12H2,1H3,(H,20,24)/t14-/m1/s1. The molecule has 0 unspecified atom stereocenters. The molecule has 136 valence electrons. The van der Waals surface area contributed by atoms with E-state index in [0.717, 1.165) is 44.1 Å². The van der Waals surface area contributed by atoms with Crippen LogP contribution in [0.2, 0.25) is 5.02 Å². The van der Waals surface area contributed by atoms with Crippen molar-refractivity contribution in [2.45, 2.75) is 13.3 Å². The monoisotopic (exact) mass is 365 g/mol. The molecule has 0 radical (unpaired) electrons. The Kier molecular flexibility index (Phi) is 5.93. The van der Waals surface area contributed by atoms with Crippen molar-refractivity contribution >= 4 is 29.1 Å². The smallest absolute Gasteiger partial charge is 0.227 e. The number of nitrogens with one attached hydrogen (secondary N) is 1. The van der Waals surface area contributed by atoms with E-state index in [-0.39, 0.29) is 24.2 Å². The summed E-state index contributed by atoms with van der Waals surface area (Å²) in [6.07, 6.45) is 0.245. The molecule has 0 spiro atoms. The van der Waals surface area contributed by atoms with Gasteiger partial charge in [-0.05, 0) is 24.6 Å². The number of carbonyl (C=O) groups is 2. The van der Waals surface area contributed by atoms with E-state index in [1.54, 1.807) is 11.0 Å². The van der Waals surface area contributed by atoms with Crippen LogP contribution in [0, 0.1) is 12.8 Å². The zero-order chi connectivity index (χ0) is 17.8. The van der Waals surface area contributed by atoms with Gasteiger partial charge in [0.15, 0.2) is 0 Å². The van der Waals surface area contributed by atoms with Gasteiger partial charge in [-0.15, -0.1) is 0 Å². The first-order valence-corrected chi connectivity index (χ1v) is 9.06. The average molecular weight is 366 g/mol. The number of amides is 2. The maximum Gasteiger partial charge on any atom is 0.227 e. The molecule has 0 saturated carbocycles. The quantitative estimate of drug-likeness (QED) is 0.858. The van der Waals surface area contributed by atoms with Gasteiger partial charge in [0.25, 0.3) is 0 Å². The van der Waals surface area contributed by atoms with Crippen LogP contribution in [0.15, 0.2) is 18.2 Å². The first-order chi connectivity index (χ1) is 12.0. The Hall–Kier alpha value is -1.63. The number of halogens is 1. The van der Waals surface area contributed by atoms with Gasteiger partial charge in [0.1, 0.15) is 0 Å². The maximum absolute atomic E-state index is 12.4. The lowest BCUT2D eigenvalue weighted by Gasteiger charge is -2.26. The van der Waals surface area contributed by atoms with Crippen LogP contribution in [-0.4, -0.2) is 62.7 Å². The second-order valence-corrected chi connectivity index (χ2v) is 6.99. The topological polar surface area (TPSA) is 61.9 Å². The molecule has 7 heteroatoms. The van der Waals surface area contributed by atoms with Crippen molar-refractivity contribution < 1.29 is 14.3 Å². The Morgan fingerprint density at radius 3 is 2.84 bits per heavy atom. The Bertz CT molecular complexity index is 646. The first kappa shape index (κ1) is 18.2. The van der Waals surface area contributed by atoms with E-state index in [0.29, 0.717) is 18.1 Å². The minimum absolute atomic E-state index is 0.0340. The highest BCUT2D eigenvalue weighted by Gasteiger charge is 2.35. The summed E-state index contributed by atoms with van der Waals surface area (Å²) in [6, 6.07) is 5.55. The van der Waals surface area contributed by atoms with Crippen LogP contribution in [0.1, 0.15) is 12.0 Å². The highest BCUT2D eigenvalue weighted by atomic mass is 35.5. The molecule has 3 rings (SSSR count). The van der Waals surface area contributed by atoms with E-state index in [9.17, 15) is 9.59 Å². The van der Waals surface area contributed by atoms with Gasteiger partial charge < -0.3 is 15.0 Å². The number of aryl methyl sites for hydroxylation is 1. The van der Waals surface area contributed by atoms with Crippen LogP contribution in [-0.2, 0) is 14.3 Å². The predicted molar refractivity (Wildman–Crippen MR) is 96.9 cm³/mol. The molecule has 1 aromatic carbocycles. The predicted octanol–water partition coefficient (Wildman–Crippen LogP) is 1.45. The number of ether oxygens (including phenoxy) is 1. The second-order valence-electron chi connectivity index (χ2n) is 6.58. The lowest BCUT2D eigenvalue weighted by molar-refractivity contribution is -0.126. The van der Waals surface area contributed by atoms with Crippen LogP contribution in [0.25, 0.3) is 0 Å². The van der Waals surface area contributed by atoms with Crippen LogP contribution in [0.3, 0.4) is 0 Å². The van der Waals surface area contributed by atoms with Gasteiger partial charge in [-0.25, -0.2) is 0 Å². The normalized spacial score (nSPS) is 21.6. The summed E-state index contributed by atoms with van der Waals surface area (Å²) < 4.78 is 5.31. The largest absolute Gasteiger partial charge is 0.379 e. The van der Waals surface area contributed by atoms with Crippen molar-refractivity contribution in [3.63, 3.8) is 0 Å². The fourth-order valence-electron chi connectivity index (χ4n) is 3.19. The van der Waals surface area contributed by atoms with Crippen molar-refractivity contribution in [2.75, 3.05) is 50.8 Å². The van der Waals surface area contributed by atoms with Gasteiger partial charge in [0.05, 0.1) is 19.1 Å². The summed E-state index contributed by atoms with van der Waals surface area (Å²) in [5, 5.41) is 3.59. The molecule has 25 heavy (non-hydrogen) atoms. The Labute approximate surface area is 153 Å². The summed E-state index contributed by atoms with van der Waals surface area (Å²) in [5.41, 5.74) is 1.72. The van der Waals surface area contributed by atoms with E-state index >= 15 is 0 Å².